The number of piperazine rings is 1. The summed E-state index contributed by atoms with van der Waals surface area (Å²) in [4.78, 5) is 22.6. The lowest BCUT2D eigenvalue weighted by Crippen LogP contribution is -2.51. The van der Waals surface area contributed by atoms with E-state index in [-0.39, 0.29) is 17.6 Å². The van der Waals surface area contributed by atoms with Gasteiger partial charge in [0.25, 0.3) is 5.91 Å². The molecule has 1 aromatic carbocycles. The number of carbonyl (C=O) groups excluding carboxylic acids is 1. The van der Waals surface area contributed by atoms with E-state index in [0.29, 0.717) is 49.9 Å². The van der Waals surface area contributed by atoms with Gasteiger partial charge in [-0.2, -0.15) is 5.26 Å². The summed E-state index contributed by atoms with van der Waals surface area (Å²) in [6.45, 7) is 6.34. The molecule has 2 fully saturated rings. The lowest BCUT2D eigenvalue weighted by atomic mass is 9.87. The van der Waals surface area contributed by atoms with Gasteiger partial charge in [-0.3, -0.25) is 4.79 Å². The van der Waals surface area contributed by atoms with Crippen molar-refractivity contribution in [3.8, 4) is 6.07 Å². The van der Waals surface area contributed by atoms with Crippen molar-refractivity contribution in [2.75, 3.05) is 24.5 Å². The van der Waals surface area contributed by atoms with E-state index in [0.717, 1.165) is 41.0 Å². The number of hydrogen-bond donors (Lipinski definition) is 0. The van der Waals surface area contributed by atoms with E-state index in [4.69, 9.17) is 14.1 Å². The van der Waals surface area contributed by atoms with Crippen LogP contribution in [0.4, 0.5) is 5.82 Å². The Morgan fingerprint density at radius 3 is 2.61 bits per heavy atom. The second kappa shape index (κ2) is 8.79. The molecular weight excluding hydrogens is 452 g/mol. The molecule has 1 saturated carbocycles. The summed E-state index contributed by atoms with van der Waals surface area (Å²) < 4.78 is 11.6. The standard InChI is InChI=1S/C29H30N4O3/c1-29(2)15-21-22(16-30)27(31-26(20-10-11-20)23(21)18-36-29)32-12-13-33(28(34)25-9-6-14-35-25)24(17-32)19-7-4-3-5-8-19/h3-9,14,20,24H,10-13,15,17-18H2,1-2H3/t24-/m0/s1. The number of furan rings is 1. The number of hydrogen-bond acceptors (Lipinski definition) is 6. The fourth-order valence-electron chi connectivity index (χ4n) is 5.54. The smallest absolute Gasteiger partial charge is 0.290 e. The molecule has 3 aliphatic rings. The molecule has 2 aromatic heterocycles. The van der Waals surface area contributed by atoms with E-state index in [1.165, 1.54) is 6.26 Å². The van der Waals surface area contributed by atoms with Crippen LogP contribution in [0, 0.1) is 11.3 Å². The first-order valence-corrected chi connectivity index (χ1v) is 12.7. The van der Waals surface area contributed by atoms with Crippen LogP contribution in [-0.2, 0) is 17.8 Å². The molecule has 1 atom stereocenters. The molecule has 0 unspecified atom stereocenters. The number of aromatic nitrogens is 1. The number of fused-ring (bicyclic) bond motifs is 1. The van der Waals surface area contributed by atoms with Gasteiger partial charge in [0.1, 0.15) is 11.9 Å². The van der Waals surface area contributed by atoms with Gasteiger partial charge >= 0.3 is 0 Å². The normalized spacial score (nSPS) is 21.1. The summed E-state index contributed by atoms with van der Waals surface area (Å²) >= 11 is 0. The van der Waals surface area contributed by atoms with E-state index in [1.807, 2.05) is 23.1 Å². The monoisotopic (exact) mass is 482 g/mol. The molecule has 7 nitrogen and oxygen atoms in total. The first-order chi connectivity index (χ1) is 17.4. The Morgan fingerprint density at radius 1 is 1.11 bits per heavy atom. The highest BCUT2D eigenvalue weighted by molar-refractivity contribution is 5.92. The number of benzene rings is 1. The minimum atomic E-state index is -0.321. The summed E-state index contributed by atoms with van der Waals surface area (Å²) in [6, 6.07) is 15.8. The van der Waals surface area contributed by atoms with Crippen molar-refractivity contribution in [1.82, 2.24) is 9.88 Å². The molecule has 3 aromatic rings. The Balaban J connectivity index is 1.41. The molecule has 36 heavy (non-hydrogen) atoms. The molecule has 1 aliphatic carbocycles. The number of amides is 1. The van der Waals surface area contributed by atoms with Crippen LogP contribution in [0.15, 0.2) is 53.1 Å². The van der Waals surface area contributed by atoms with Crippen LogP contribution < -0.4 is 4.90 Å². The van der Waals surface area contributed by atoms with Crippen molar-refractivity contribution in [3.63, 3.8) is 0 Å². The van der Waals surface area contributed by atoms with Gasteiger partial charge in [0.05, 0.1) is 35.8 Å². The zero-order chi connectivity index (χ0) is 24.9. The number of anilines is 1. The van der Waals surface area contributed by atoms with Gasteiger partial charge in [0.2, 0.25) is 0 Å². The Kier molecular flexibility index (Phi) is 5.57. The SMILES string of the molecule is CC1(C)Cc2c(C#N)c(N3CCN(C(=O)c4ccco4)[C@H](c4ccccc4)C3)nc(C3CC3)c2CO1. The molecule has 2 aliphatic heterocycles. The summed E-state index contributed by atoms with van der Waals surface area (Å²) in [5.41, 5.74) is 4.69. The minimum Gasteiger partial charge on any atom is -0.459 e. The maximum atomic E-state index is 13.4. The third-order valence-electron chi connectivity index (χ3n) is 7.57. The van der Waals surface area contributed by atoms with Crippen LogP contribution in [0.1, 0.15) is 77.2 Å². The number of nitriles is 1. The maximum Gasteiger partial charge on any atom is 0.290 e. The quantitative estimate of drug-likeness (QED) is 0.522. The molecule has 7 heteroatoms. The maximum absolute atomic E-state index is 13.4. The zero-order valence-electron chi connectivity index (χ0n) is 20.7. The van der Waals surface area contributed by atoms with E-state index >= 15 is 0 Å². The second-order valence-corrected chi connectivity index (χ2v) is 10.6. The Morgan fingerprint density at radius 2 is 1.92 bits per heavy atom. The first-order valence-electron chi connectivity index (χ1n) is 12.7. The van der Waals surface area contributed by atoms with Crippen LogP contribution in [0.3, 0.4) is 0 Å². The van der Waals surface area contributed by atoms with Crippen LogP contribution >= 0.6 is 0 Å². The molecule has 0 bridgehead atoms. The average molecular weight is 483 g/mol. The summed E-state index contributed by atoms with van der Waals surface area (Å²) in [7, 11) is 0. The molecule has 0 radical (unpaired) electrons. The van der Waals surface area contributed by atoms with Gasteiger partial charge in [-0.1, -0.05) is 30.3 Å². The Hall–Kier alpha value is -3.63. The third-order valence-corrected chi connectivity index (χ3v) is 7.57. The summed E-state index contributed by atoms with van der Waals surface area (Å²) in [5, 5.41) is 10.3. The fraction of sp³-hybridized carbons (Fsp3) is 0.414. The minimum absolute atomic E-state index is 0.120. The Bertz CT molecular complexity index is 1320. The number of nitrogens with zero attached hydrogens (tertiary/aromatic N) is 4. The van der Waals surface area contributed by atoms with E-state index < -0.39 is 0 Å². The zero-order valence-corrected chi connectivity index (χ0v) is 20.7. The Labute approximate surface area is 211 Å². The molecule has 0 N–H and O–H groups in total. The largest absolute Gasteiger partial charge is 0.459 e. The van der Waals surface area contributed by atoms with Gasteiger partial charge in [-0.15, -0.1) is 0 Å². The highest BCUT2D eigenvalue weighted by atomic mass is 16.5. The third kappa shape index (κ3) is 4.06. The van der Waals surface area contributed by atoms with Gasteiger partial charge in [0, 0.05) is 37.5 Å². The van der Waals surface area contributed by atoms with Crippen LogP contribution in [0.2, 0.25) is 0 Å². The highest BCUT2D eigenvalue weighted by Crippen LogP contribution is 2.46. The van der Waals surface area contributed by atoms with Crippen LogP contribution in [0.25, 0.3) is 0 Å². The summed E-state index contributed by atoms with van der Waals surface area (Å²) in [5.74, 6) is 1.42. The van der Waals surface area contributed by atoms with Crippen LogP contribution in [0.5, 0.6) is 0 Å². The van der Waals surface area contributed by atoms with Crippen molar-refractivity contribution in [3.05, 3.63) is 82.4 Å². The summed E-state index contributed by atoms with van der Waals surface area (Å²) in [6.07, 6.45) is 4.49. The number of rotatable bonds is 4. The van der Waals surface area contributed by atoms with E-state index in [1.54, 1.807) is 12.1 Å². The van der Waals surface area contributed by atoms with Crippen molar-refractivity contribution in [2.45, 2.75) is 57.3 Å². The molecule has 6 rings (SSSR count). The van der Waals surface area contributed by atoms with Crippen molar-refractivity contribution >= 4 is 11.7 Å². The van der Waals surface area contributed by atoms with Gasteiger partial charge in [-0.25, -0.2) is 4.98 Å². The van der Waals surface area contributed by atoms with E-state index in [9.17, 15) is 10.1 Å². The molecule has 1 saturated heterocycles. The van der Waals surface area contributed by atoms with Gasteiger partial charge in [0.15, 0.2) is 5.76 Å². The molecule has 4 heterocycles. The highest BCUT2D eigenvalue weighted by Gasteiger charge is 2.39. The second-order valence-electron chi connectivity index (χ2n) is 10.6. The predicted octanol–water partition coefficient (Wildman–Crippen LogP) is 4.98. The lowest BCUT2D eigenvalue weighted by molar-refractivity contribution is -0.0407. The topological polar surface area (TPSA) is 82.6 Å². The number of carbonyl (C=O) groups is 1. The molecule has 0 spiro atoms. The number of ether oxygens (including phenoxy) is 1. The molecule has 1 amide bonds. The molecule has 184 valence electrons. The van der Waals surface area contributed by atoms with Crippen molar-refractivity contribution in [2.24, 2.45) is 0 Å². The van der Waals surface area contributed by atoms with Crippen molar-refractivity contribution in [1.29, 1.82) is 5.26 Å². The van der Waals surface area contributed by atoms with E-state index in [2.05, 4.69) is 36.9 Å². The lowest BCUT2D eigenvalue weighted by Gasteiger charge is -2.43. The van der Waals surface area contributed by atoms with Gasteiger partial charge < -0.3 is 19.0 Å². The van der Waals surface area contributed by atoms with Gasteiger partial charge in [-0.05, 0) is 49.9 Å². The van der Waals surface area contributed by atoms with Crippen LogP contribution in [-0.4, -0.2) is 41.0 Å². The number of pyridine rings is 1. The fourth-order valence-corrected chi connectivity index (χ4v) is 5.54. The predicted molar refractivity (Wildman–Crippen MR) is 135 cm³/mol. The van der Waals surface area contributed by atoms with Crippen molar-refractivity contribution < 1.29 is 13.9 Å². The first kappa shape index (κ1) is 22.8. The molecular formula is C29H30N4O3. The average Bonchev–Trinajstić information content (AvgIpc) is 3.59.